The first-order valence-electron chi connectivity index (χ1n) is 9.67. The first kappa shape index (κ1) is 21.6. The van der Waals surface area contributed by atoms with E-state index in [9.17, 15) is 14.4 Å². The molecule has 0 saturated carbocycles. The number of hydrogen-bond donors (Lipinski definition) is 1. The molecular formula is C23H23ClN2O4. The average molecular weight is 427 g/mol. The molecule has 30 heavy (non-hydrogen) atoms. The molecule has 7 heteroatoms. The van der Waals surface area contributed by atoms with Crippen LogP contribution < -0.4 is 10.7 Å². The molecule has 0 bridgehead atoms. The van der Waals surface area contributed by atoms with Gasteiger partial charge in [0.05, 0.1) is 17.2 Å². The Labute approximate surface area is 179 Å². The number of esters is 1. The van der Waals surface area contributed by atoms with Gasteiger partial charge in [0.1, 0.15) is 5.56 Å². The van der Waals surface area contributed by atoms with E-state index in [0.29, 0.717) is 28.2 Å². The van der Waals surface area contributed by atoms with Crippen molar-refractivity contribution < 1.29 is 14.3 Å². The van der Waals surface area contributed by atoms with Crippen molar-refractivity contribution in [2.24, 2.45) is 0 Å². The van der Waals surface area contributed by atoms with Crippen LogP contribution in [0.4, 0.5) is 5.69 Å². The van der Waals surface area contributed by atoms with Crippen molar-refractivity contribution in [1.82, 2.24) is 4.57 Å². The molecule has 0 spiro atoms. The maximum atomic E-state index is 13.0. The molecule has 0 aliphatic carbocycles. The van der Waals surface area contributed by atoms with Crippen LogP contribution in [0.3, 0.4) is 0 Å². The highest BCUT2D eigenvalue weighted by Gasteiger charge is 2.18. The van der Waals surface area contributed by atoms with Gasteiger partial charge in [0.25, 0.3) is 5.91 Å². The number of carbonyl (C=O) groups excluding carboxylic acids is 2. The minimum Gasteiger partial charge on any atom is -0.459 e. The molecule has 0 saturated heterocycles. The molecule has 3 rings (SSSR count). The summed E-state index contributed by atoms with van der Waals surface area (Å²) in [5, 5.41) is 3.73. The number of pyridine rings is 1. The first-order valence-corrected chi connectivity index (χ1v) is 10.0. The quantitative estimate of drug-likeness (QED) is 0.594. The lowest BCUT2D eigenvalue weighted by molar-refractivity contribution is 0.0378. The van der Waals surface area contributed by atoms with Crippen LogP contribution in [0, 0.1) is 6.92 Å². The minimum absolute atomic E-state index is 0.0365. The molecule has 3 aromatic rings. The summed E-state index contributed by atoms with van der Waals surface area (Å²) < 4.78 is 6.99. The van der Waals surface area contributed by atoms with Crippen LogP contribution in [0.15, 0.2) is 47.4 Å². The number of nitrogens with one attached hydrogen (secondary N) is 1. The highest BCUT2D eigenvalue weighted by molar-refractivity contribution is 6.32. The smallest absolute Gasteiger partial charge is 0.338 e. The Morgan fingerprint density at radius 1 is 1.13 bits per heavy atom. The van der Waals surface area contributed by atoms with Gasteiger partial charge in [0.2, 0.25) is 5.43 Å². The fourth-order valence-corrected chi connectivity index (χ4v) is 3.39. The van der Waals surface area contributed by atoms with Gasteiger partial charge < -0.3 is 14.6 Å². The molecule has 1 aromatic heterocycles. The second-order valence-corrected chi connectivity index (χ2v) is 7.62. The van der Waals surface area contributed by atoms with Gasteiger partial charge in [-0.1, -0.05) is 11.6 Å². The fraction of sp³-hybridized carbons (Fsp3) is 0.261. The average Bonchev–Trinajstić information content (AvgIpc) is 2.71. The predicted molar refractivity (Wildman–Crippen MR) is 119 cm³/mol. The summed E-state index contributed by atoms with van der Waals surface area (Å²) in [5.41, 5.74) is 2.05. The molecule has 1 amide bonds. The lowest BCUT2D eigenvalue weighted by Crippen LogP contribution is -2.24. The SMILES string of the molecule is CCn1cc(C(=O)Nc2ccc(C(=O)OC(C)C)cc2)c(=O)c2ccc(Cl)c(C)c21. The maximum absolute atomic E-state index is 13.0. The molecule has 0 aliphatic heterocycles. The van der Waals surface area contributed by atoms with Crippen molar-refractivity contribution >= 4 is 40.1 Å². The minimum atomic E-state index is -0.519. The number of aryl methyl sites for hydroxylation is 2. The van der Waals surface area contributed by atoms with Gasteiger partial charge >= 0.3 is 5.97 Å². The van der Waals surface area contributed by atoms with E-state index >= 15 is 0 Å². The Bertz CT molecular complexity index is 1180. The fourth-order valence-electron chi connectivity index (χ4n) is 3.23. The largest absolute Gasteiger partial charge is 0.459 e. The van der Waals surface area contributed by atoms with Crippen LogP contribution in [0.1, 0.15) is 47.1 Å². The van der Waals surface area contributed by atoms with Crippen molar-refractivity contribution in [3.63, 3.8) is 0 Å². The third kappa shape index (κ3) is 4.24. The first-order chi connectivity index (χ1) is 14.2. The number of anilines is 1. The normalized spacial score (nSPS) is 11.0. The van der Waals surface area contributed by atoms with Crippen molar-refractivity contribution in [3.05, 3.63) is 74.5 Å². The number of amides is 1. The number of benzene rings is 2. The molecule has 156 valence electrons. The van der Waals surface area contributed by atoms with Crippen LogP contribution in [-0.2, 0) is 11.3 Å². The maximum Gasteiger partial charge on any atom is 0.338 e. The van der Waals surface area contributed by atoms with Crippen LogP contribution >= 0.6 is 11.6 Å². The van der Waals surface area contributed by atoms with Crippen molar-refractivity contribution in [2.45, 2.75) is 40.3 Å². The molecule has 1 heterocycles. The number of nitrogens with zero attached hydrogens (tertiary/aromatic N) is 1. The Morgan fingerprint density at radius 2 is 1.80 bits per heavy atom. The zero-order valence-electron chi connectivity index (χ0n) is 17.3. The Balaban J connectivity index is 1.92. The molecule has 1 N–H and O–H groups in total. The number of halogens is 1. The summed E-state index contributed by atoms with van der Waals surface area (Å²) >= 11 is 6.21. The van der Waals surface area contributed by atoms with Gasteiger partial charge in [-0.2, -0.15) is 0 Å². The summed E-state index contributed by atoms with van der Waals surface area (Å²) in [6.45, 7) is 7.90. The van der Waals surface area contributed by atoms with Gasteiger partial charge in [-0.15, -0.1) is 0 Å². The molecule has 6 nitrogen and oxygen atoms in total. The standard InChI is InChI=1S/C23H23ClN2O4/c1-5-26-12-18(21(27)17-10-11-19(24)14(4)20(17)26)22(28)25-16-8-6-15(7-9-16)23(29)30-13(2)3/h6-13H,5H2,1-4H3,(H,25,28). The number of carbonyl (C=O) groups is 2. The van der Waals surface area contributed by atoms with Gasteiger partial charge in [0.15, 0.2) is 0 Å². The predicted octanol–water partition coefficient (Wildman–Crippen LogP) is 4.80. The van der Waals surface area contributed by atoms with Gasteiger partial charge in [0, 0.05) is 28.8 Å². The second-order valence-electron chi connectivity index (χ2n) is 7.21. The number of fused-ring (bicyclic) bond motifs is 1. The second kappa shape index (κ2) is 8.71. The van der Waals surface area contributed by atoms with E-state index in [1.807, 2.05) is 18.4 Å². The highest BCUT2D eigenvalue weighted by atomic mass is 35.5. The summed E-state index contributed by atoms with van der Waals surface area (Å²) in [7, 11) is 0. The number of ether oxygens (including phenoxy) is 1. The van der Waals surface area contributed by atoms with Gasteiger partial charge in [-0.3, -0.25) is 9.59 Å². The lowest BCUT2D eigenvalue weighted by Gasteiger charge is -2.14. The van der Waals surface area contributed by atoms with E-state index in [1.54, 1.807) is 56.4 Å². The van der Waals surface area contributed by atoms with E-state index in [0.717, 1.165) is 11.1 Å². The number of aromatic nitrogens is 1. The molecule has 0 atom stereocenters. The zero-order chi connectivity index (χ0) is 22.0. The number of rotatable bonds is 5. The summed E-state index contributed by atoms with van der Waals surface area (Å²) in [4.78, 5) is 37.7. The van der Waals surface area contributed by atoms with E-state index in [4.69, 9.17) is 16.3 Å². The van der Waals surface area contributed by atoms with Gasteiger partial charge in [-0.05, 0) is 69.7 Å². The van der Waals surface area contributed by atoms with Crippen LogP contribution in [0.5, 0.6) is 0 Å². The van der Waals surface area contributed by atoms with Crippen molar-refractivity contribution in [1.29, 1.82) is 0 Å². The molecule has 0 unspecified atom stereocenters. The Kier molecular flexibility index (Phi) is 6.27. The number of hydrogen-bond acceptors (Lipinski definition) is 4. The highest BCUT2D eigenvalue weighted by Crippen LogP contribution is 2.24. The van der Waals surface area contributed by atoms with E-state index in [2.05, 4.69) is 5.32 Å². The van der Waals surface area contributed by atoms with E-state index < -0.39 is 11.9 Å². The van der Waals surface area contributed by atoms with Crippen LogP contribution in [0.25, 0.3) is 10.9 Å². The molecule has 2 aromatic carbocycles. The van der Waals surface area contributed by atoms with Crippen molar-refractivity contribution in [3.8, 4) is 0 Å². The topological polar surface area (TPSA) is 77.4 Å². The van der Waals surface area contributed by atoms with Crippen LogP contribution in [-0.4, -0.2) is 22.5 Å². The monoisotopic (exact) mass is 426 g/mol. The van der Waals surface area contributed by atoms with E-state index in [1.165, 1.54) is 0 Å². The van der Waals surface area contributed by atoms with Crippen LogP contribution in [0.2, 0.25) is 5.02 Å². The van der Waals surface area contributed by atoms with Gasteiger partial charge in [-0.25, -0.2) is 4.79 Å². The molecule has 0 aliphatic rings. The summed E-state index contributed by atoms with van der Waals surface area (Å²) in [5.74, 6) is -0.952. The zero-order valence-corrected chi connectivity index (χ0v) is 18.0. The Hall–Kier alpha value is -3.12. The summed E-state index contributed by atoms with van der Waals surface area (Å²) in [6.07, 6.45) is 1.33. The molecule has 0 fully saturated rings. The third-order valence-corrected chi connectivity index (χ3v) is 5.14. The molecular weight excluding hydrogens is 404 g/mol. The third-order valence-electron chi connectivity index (χ3n) is 4.73. The van der Waals surface area contributed by atoms with E-state index in [-0.39, 0.29) is 17.1 Å². The van der Waals surface area contributed by atoms with Crippen molar-refractivity contribution in [2.75, 3.05) is 5.32 Å². The Morgan fingerprint density at radius 3 is 2.40 bits per heavy atom. The molecule has 0 radical (unpaired) electrons. The summed E-state index contributed by atoms with van der Waals surface area (Å²) in [6, 6.07) is 9.63. The lowest BCUT2D eigenvalue weighted by atomic mass is 10.1.